The Bertz CT molecular complexity index is 909. The lowest BCUT2D eigenvalue weighted by Crippen LogP contribution is -2.32. The number of nitriles is 1. The van der Waals surface area contributed by atoms with Gasteiger partial charge in [0.1, 0.15) is 22.9 Å². The van der Waals surface area contributed by atoms with Gasteiger partial charge in [-0.15, -0.1) is 11.3 Å². The molecule has 2 amide bonds. The third-order valence-corrected chi connectivity index (χ3v) is 5.47. The third kappa shape index (κ3) is 4.81. The third-order valence-electron chi connectivity index (χ3n) is 4.30. The lowest BCUT2D eigenvalue weighted by atomic mass is 9.94. The molecule has 28 heavy (non-hydrogen) atoms. The zero-order valence-electron chi connectivity index (χ0n) is 15.5. The number of thiophene rings is 1. The Balaban J connectivity index is 1.66. The van der Waals surface area contributed by atoms with Gasteiger partial charge in [-0.25, -0.2) is 4.79 Å². The molecule has 2 N–H and O–H groups in total. The molecule has 0 spiro atoms. The predicted molar refractivity (Wildman–Crippen MR) is 106 cm³/mol. The number of hydrogen-bond donors (Lipinski definition) is 2. The lowest BCUT2D eigenvalue weighted by molar-refractivity contribution is -0.111. The van der Waals surface area contributed by atoms with Gasteiger partial charge < -0.3 is 19.8 Å². The van der Waals surface area contributed by atoms with Crippen LogP contribution in [0, 0.1) is 11.3 Å². The van der Waals surface area contributed by atoms with Crippen molar-refractivity contribution in [2.24, 2.45) is 0 Å². The maximum atomic E-state index is 12.2. The molecule has 0 saturated heterocycles. The number of furan rings is 1. The molecule has 0 fully saturated rings. The Hall–Kier alpha value is -3.05. The second-order valence-electron chi connectivity index (χ2n) is 6.35. The first-order chi connectivity index (χ1) is 13.6. The molecule has 3 rings (SSSR count). The van der Waals surface area contributed by atoms with Crippen molar-refractivity contribution in [1.82, 2.24) is 5.32 Å². The van der Waals surface area contributed by atoms with Gasteiger partial charge in [0.25, 0.3) is 0 Å². The van der Waals surface area contributed by atoms with Gasteiger partial charge in [-0.1, -0.05) is 6.92 Å². The molecule has 7 nitrogen and oxygen atoms in total. The number of ether oxygens (including phenoxy) is 1. The first-order valence-electron chi connectivity index (χ1n) is 9.12. The number of hydrogen-bond acceptors (Lipinski definition) is 6. The molecule has 0 bridgehead atoms. The molecule has 8 heteroatoms. The molecule has 1 aliphatic rings. The van der Waals surface area contributed by atoms with Crippen LogP contribution in [0.25, 0.3) is 6.08 Å². The van der Waals surface area contributed by atoms with Crippen LogP contribution in [-0.2, 0) is 22.4 Å². The minimum Gasteiger partial charge on any atom is -0.465 e. The molecule has 2 heterocycles. The van der Waals surface area contributed by atoms with Gasteiger partial charge in [0.05, 0.1) is 11.8 Å². The van der Waals surface area contributed by atoms with E-state index < -0.39 is 6.09 Å². The van der Waals surface area contributed by atoms with Crippen molar-refractivity contribution in [3.05, 3.63) is 46.2 Å². The van der Waals surface area contributed by atoms with E-state index >= 15 is 0 Å². The van der Waals surface area contributed by atoms with Crippen molar-refractivity contribution >= 4 is 34.4 Å². The van der Waals surface area contributed by atoms with Crippen LogP contribution >= 0.6 is 11.3 Å². The van der Waals surface area contributed by atoms with E-state index in [1.165, 1.54) is 23.7 Å². The van der Waals surface area contributed by atoms with E-state index in [1.807, 2.05) is 6.92 Å². The Morgan fingerprint density at radius 2 is 2.36 bits per heavy atom. The standard InChI is InChI=1S/C20H21N3O4S/c1-2-9-22-20(25)27-14-5-7-15-16(12-21)19(28-17(15)11-14)23-18(24)8-6-13-4-3-10-26-13/h3-4,6,8,10,14H,2,5,7,9,11H2,1H3,(H,22,25)(H,23,24). The smallest absolute Gasteiger partial charge is 0.407 e. The largest absolute Gasteiger partial charge is 0.465 e. The number of fused-ring (bicyclic) bond motifs is 1. The molecular formula is C20H21N3O4S. The summed E-state index contributed by atoms with van der Waals surface area (Å²) < 4.78 is 10.6. The van der Waals surface area contributed by atoms with Gasteiger partial charge in [0.2, 0.25) is 5.91 Å². The van der Waals surface area contributed by atoms with Gasteiger partial charge in [0, 0.05) is 23.9 Å². The van der Waals surface area contributed by atoms with Crippen molar-refractivity contribution in [2.75, 3.05) is 11.9 Å². The molecule has 2 aromatic rings. The second-order valence-corrected chi connectivity index (χ2v) is 7.46. The number of amides is 2. The van der Waals surface area contributed by atoms with E-state index in [2.05, 4.69) is 16.7 Å². The maximum Gasteiger partial charge on any atom is 0.407 e. The first kappa shape index (κ1) is 19.7. The number of alkyl carbamates (subject to hydrolysis) is 1. The van der Waals surface area contributed by atoms with E-state index in [0.717, 1.165) is 16.9 Å². The van der Waals surface area contributed by atoms with E-state index in [1.54, 1.807) is 18.2 Å². The predicted octanol–water partition coefficient (Wildman–Crippen LogP) is 3.86. The topological polar surface area (TPSA) is 104 Å². The normalized spacial score (nSPS) is 15.6. The molecule has 0 aliphatic heterocycles. The Morgan fingerprint density at radius 1 is 1.50 bits per heavy atom. The quantitative estimate of drug-likeness (QED) is 0.718. The van der Waals surface area contributed by atoms with Crippen LogP contribution in [-0.4, -0.2) is 24.6 Å². The monoisotopic (exact) mass is 399 g/mol. The van der Waals surface area contributed by atoms with Gasteiger partial charge in [0.15, 0.2) is 0 Å². The zero-order valence-corrected chi connectivity index (χ0v) is 16.3. The van der Waals surface area contributed by atoms with Crippen molar-refractivity contribution in [3.8, 4) is 6.07 Å². The first-order valence-corrected chi connectivity index (χ1v) is 9.94. The molecule has 2 aromatic heterocycles. The fourth-order valence-electron chi connectivity index (χ4n) is 2.98. The highest BCUT2D eigenvalue weighted by atomic mass is 32.1. The Kier molecular flexibility index (Phi) is 6.50. The number of rotatable bonds is 6. The van der Waals surface area contributed by atoms with Gasteiger partial charge in [-0.3, -0.25) is 4.79 Å². The molecule has 0 saturated carbocycles. The van der Waals surface area contributed by atoms with Crippen LogP contribution < -0.4 is 10.6 Å². The van der Waals surface area contributed by atoms with Crippen LogP contribution in [0.3, 0.4) is 0 Å². The fraction of sp³-hybridized carbons (Fsp3) is 0.350. The van der Waals surface area contributed by atoms with Crippen molar-refractivity contribution in [1.29, 1.82) is 5.26 Å². The minimum atomic E-state index is -0.413. The number of carbonyl (C=O) groups excluding carboxylic acids is 2. The number of nitrogens with one attached hydrogen (secondary N) is 2. The van der Waals surface area contributed by atoms with Crippen LogP contribution in [0.2, 0.25) is 0 Å². The fourth-order valence-corrected chi connectivity index (χ4v) is 4.25. The Labute approximate surface area is 167 Å². The lowest BCUT2D eigenvalue weighted by Gasteiger charge is -2.22. The number of nitrogens with zero attached hydrogens (tertiary/aromatic N) is 1. The van der Waals surface area contributed by atoms with E-state index in [4.69, 9.17) is 9.15 Å². The number of anilines is 1. The summed E-state index contributed by atoms with van der Waals surface area (Å²) in [6.07, 6.45) is 6.50. The maximum absolute atomic E-state index is 12.2. The summed E-state index contributed by atoms with van der Waals surface area (Å²) in [5, 5.41) is 15.5. The molecule has 146 valence electrons. The molecule has 0 aromatic carbocycles. The van der Waals surface area contributed by atoms with Crippen molar-refractivity contribution in [2.45, 2.75) is 38.7 Å². The van der Waals surface area contributed by atoms with E-state index in [9.17, 15) is 14.9 Å². The highest BCUT2D eigenvalue weighted by Gasteiger charge is 2.28. The highest BCUT2D eigenvalue weighted by Crippen LogP contribution is 2.38. The number of carbonyl (C=O) groups is 2. The summed E-state index contributed by atoms with van der Waals surface area (Å²) in [7, 11) is 0. The zero-order chi connectivity index (χ0) is 19.9. The minimum absolute atomic E-state index is 0.225. The SMILES string of the molecule is CCCNC(=O)OC1CCc2c(sc(NC(=O)C=Cc3ccco3)c2C#N)C1. The summed E-state index contributed by atoms with van der Waals surface area (Å²) in [5.74, 6) is 0.237. The average Bonchev–Trinajstić information content (AvgIpc) is 3.31. The Morgan fingerprint density at radius 3 is 3.07 bits per heavy atom. The molecular weight excluding hydrogens is 378 g/mol. The molecule has 1 aliphatic carbocycles. The van der Waals surface area contributed by atoms with Crippen LogP contribution in [0.5, 0.6) is 0 Å². The van der Waals surface area contributed by atoms with Crippen LogP contribution in [0.4, 0.5) is 9.80 Å². The summed E-state index contributed by atoms with van der Waals surface area (Å²) in [6, 6.07) is 5.67. The van der Waals surface area contributed by atoms with Crippen molar-refractivity contribution in [3.63, 3.8) is 0 Å². The molecule has 0 radical (unpaired) electrons. The van der Waals surface area contributed by atoms with E-state index in [-0.39, 0.29) is 12.0 Å². The highest BCUT2D eigenvalue weighted by molar-refractivity contribution is 7.16. The molecule has 1 atom stereocenters. The summed E-state index contributed by atoms with van der Waals surface area (Å²) >= 11 is 1.36. The summed E-state index contributed by atoms with van der Waals surface area (Å²) in [5.41, 5.74) is 1.43. The summed E-state index contributed by atoms with van der Waals surface area (Å²) in [6.45, 7) is 2.55. The summed E-state index contributed by atoms with van der Waals surface area (Å²) in [4.78, 5) is 24.9. The van der Waals surface area contributed by atoms with E-state index in [0.29, 0.717) is 42.1 Å². The van der Waals surface area contributed by atoms with Gasteiger partial charge in [-0.05, 0) is 43.0 Å². The van der Waals surface area contributed by atoms with Crippen LogP contribution in [0.1, 0.15) is 41.5 Å². The van der Waals surface area contributed by atoms with Gasteiger partial charge in [-0.2, -0.15) is 5.26 Å². The van der Waals surface area contributed by atoms with Crippen molar-refractivity contribution < 1.29 is 18.7 Å². The average molecular weight is 399 g/mol. The second kappa shape index (κ2) is 9.24. The van der Waals surface area contributed by atoms with Gasteiger partial charge >= 0.3 is 6.09 Å². The molecule has 1 unspecified atom stereocenters. The van der Waals surface area contributed by atoms with Crippen LogP contribution in [0.15, 0.2) is 28.9 Å².